The van der Waals surface area contributed by atoms with Gasteiger partial charge in [-0.05, 0) is 18.2 Å². The van der Waals surface area contributed by atoms with E-state index in [1.807, 2.05) is 0 Å². The summed E-state index contributed by atoms with van der Waals surface area (Å²) in [6.07, 6.45) is -3.09. The molecule has 0 saturated carbocycles. The van der Waals surface area contributed by atoms with E-state index in [0.717, 1.165) is 18.2 Å². The van der Waals surface area contributed by atoms with E-state index in [4.69, 9.17) is 20.4 Å². The average Bonchev–Trinajstić information content (AvgIpc) is 3.29. The van der Waals surface area contributed by atoms with E-state index in [9.17, 15) is 27.8 Å². The fourth-order valence-corrected chi connectivity index (χ4v) is 3.96. The van der Waals surface area contributed by atoms with Crippen LogP contribution in [0.2, 0.25) is 0 Å². The second-order valence-electron chi connectivity index (χ2n) is 7.03. The maximum Gasteiger partial charge on any atom is 0.362 e. The maximum atomic E-state index is 13.1. The largest absolute Gasteiger partial charge is 0.398 e. The molecule has 0 unspecified atom stereocenters. The molecular weight excluding hydrogens is 465 g/mol. The monoisotopic (exact) mass is 483 g/mol. The molecule has 1 aliphatic heterocycles. The van der Waals surface area contributed by atoms with E-state index < -0.39 is 53.2 Å². The van der Waals surface area contributed by atoms with Crippen molar-refractivity contribution >= 4 is 38.9 Å². The number of ether oxygens (including phenoxy) is 1. The molecule has 1 aliphatic rings. The summed E-state index contributed by atoms with van der Waals surface area (Å²) in [5, 5.41) is 20.7. The third-order valence-electron chi connectivity index (χ3n) is 4.86. The van der Waals surface area contributed by atoms with Crippen LogP contribution in [0, 0.1) is 5.82 Å². The van der Waals surface area contributed by atoms with Gasteiger partial charge in [-0.25, -0.2) is 24.1 Å². The molecule has 3 heterocycles. The van der Waals surface area contributed by atoms with Crippen LogP contribution in [0.15, 0.2) is 30.9 Å². The Balaban J connectivity index is 1.43. The highest BCUT2D eigenvalue weighted by atomic mass is 32.2. The molecule has 0 aliphatic carbocycles. The van der Waals surface area contributed by atoms with Crippen molar-refractivity contribution in [2.45, 2.75) is 24.5 Å². The molecule has 0 bridgehead atoms. The molecular formula is C17H18FN7O7S. The summed E-state index contributed by atoms with van der Waals surface area (Å²) in [6.45, 7) is -0.750. The first kappa shape index (κ1) is 22.7. The molecule has 1 saturated heterocycles. The molecule has 1 aromatic carbocycles. The number of hydrogen-bond acceptors (Lipinski definition) is 12. The van der Waals surface area contributed by atoms with Crippen molar-refractivity contribution in [3.8, 4) is 0 Å². The van der Waals surface area contributed by atoms with Crippen molar-refractivity contribution in [1.29, 1.82) is 0 Å². The zero-order valence-corrected chi connectivity index (χ0v) is 17.4. The standard InChI is InChI=1S/C17H18FN7O7S/c18-7-1-2-8(9(19)3-7)16(28)24-33(29,30)31-4-10-12(26)13(27)17(32-10)25-6-23-11-14(20)21-5-22-15(11)25/h1-3,5-6,10,12-13,17,26-27H,4,19H2,(H,24,28)(H2,20,21,22)/t10-,12-,13-,17-/m1/s1. The number of imidazole rings is 1. The zero-order chi connectivity index (χ0) is 23.9. The number of nitrogens with one attached hydrogen (secondary N) is 1. The number of rotatable bonds is 6. The van der Waals surface area contributed by atoms with E-state index >= 15 is 0 Å². The highest BCUT2D eigenvalue weighted by Crippen LogP contribution is 2.32. The molecule has 0 radical (unpaired) electrons. The SMILES string of the molecule is Nc1cc(F)ccc1C(=O)NS(=O)(=O)OC[C@H]1O[C@@H](n2cnc3c(N)ncnc32)[C@H](O)[C@@H]1O. The van der Waals surface area contributed by atoms with E-state index in [2.05, 4.69) is 15.0 Å². The number of aliphatic hydroxyl groups excluding tert-OH is 2. The topological polar surface area (TPSA) is 218 Å². The Morgan fingerprint density at radius 3 is 2.73 bits per heavy atom. The molecule has 1 amide bonds. The Morgan fingerprint density at radius 1 is 1.24 bits per heavy atom. The molecule has 0 spiro atoms. The maximum absolute atomic E-state index is 13.1. The second kappa shape index (κ2) is 8.49. The molecule has 4 atom stereocenters. The van der Waals surface area contributed by atoms with E-state index in [1.54, 1.807) is 4.72 Å². The second-order valence-corrected chi connectivity index (χ2v) is 8.38. The van der Waals surface area contributed by atoms with Crippen LogP contribution in [-0.2, 0) is 19.2 Å². The number of benzene rings is 1. The summed E-state index contributed by atoms with van der Waals surface area (Å²) in [6, 6.07) is 2.79. The van der Waals surface area contributed by atoms with Crippen molar-refractivity contribution in [2.75, 3.05) is 18.1 Å². The minimum absolute atomic E-state index is 0.0929. The van der Waals surface area contributed by atoms with Crippen molar-refractivity contribution in [3.63, 3.8) is 0 Å². The molecule has 4 rings (SSSR count). The van der Waals surface area contributed by atoms with Gasteiger partial charge in [-0.2, -0.15) is 8.42 Å². The van der Waals surface area contributed by atoms with Gasteiger partial charge in [-0.1, -0.05) is 0 Å². The number of amides is 1. The third kappa shape index (κ3) is 4.41. The number of nitrogen functional groups attached to an aromatic ring is 2. The zero-order valence-electron chi connectivity index (χ0n) is 16.6. The van der Waals surface area contributed by atoms with Crippen LogP contribution < -0.4 is 16.2 Å². The van der Waals surface area contributed by atoms with Crippen LogP contribution in [0.25, 0.3) is 11.2 Å². The van der Waals surface area contributed by atoms with E-state index in [1.165, 1.54) is 17.2 Å². The normalized spacial score (nSPS) is 23.1. The summed E-state index contributed by atoms with van der Waals surface area (Å²) in [4.78, 5) is 24.0. The third-order valence-corrected chi connectivity index (χ3v) is 5.74. The summed E-state index contributed by atoms with van der Waals surface area (Å²) >= 11 is 0. The smallest absolute Gasteiger partial charge is 0.362 e. The number of hydrogen-bond donors (Lipinski definition) is 5. The molecule has 2 aromatic heterocycles. The van der Waals surface area contributed by atoms with Gasteiger partial charge in [0.25, 0.3) is 5.91 Å². The van der Waals surface area contributed by atoms with Crippen LogP contribution in [0.3, 0.4) is 0 Å². The van der Waals surface area contributed by atoms with Gasteiger partial charge in [0.1, 0.15) is 36.0 Å². The summed E-state index contributed by atoms with van der Waals surface area (Å²) in [7, 11) is -4.67. The highest BCUT2D eigenvalue weighted by Gasteiger charge is 2.45. The van der Waals surface area contributed by atoms with Crippen molar-refractivity contribution in [1.82, 2.24) is 24.2 Å². The van der Waals surface area contributed by atoms with Crippen molar-refractivity contribution in [3.05, 3.63) is 42.2 Å². The summed E-state index contributed by atoms with van der Waals surface area (Å²) < 4.78 is 50.6. The average molecular weight is 483 g/mol. The van der Waals surface area contributed by atoms with Crippen LogP contribution in [0.1, 0.15) is 16.6 Å². The van der Waals surface area contributed by atoms with Gasteiger partial charge in [-0.3, -0.25) is 13.5 Å². The van der Waals surface area contributed by atoms with Gasteiger partial charge >= 0.3 is 10.3 Å². The number of carbonyl (C=O) groups is 1. The lowest BCUT2D eigenvalue weighted by atomic mass is 10.1. The molecule has 33 heavy (non-hydrogen) atoms. The Morgan fingerprint density at radius 2 is 2.00 bits per heavy atom. The molecule has 7 N–H and O–H groups in total. The number of aliphatic hydroxyl groups is 2. The van der Waals surface area contributed by atoms with Gasteiger partial charge in [0.05, 0.1) is 18.5 Å². The van der Waals surface area contributed by atoms with Crippen LogP contribution in [-0.4, -0.2) is 69.0 Å². The Hall–Kier alpha value is -3.44. The van der Waals surface area contributed by atoms with Crippen molar-refractivity contribution in [2.24, 2.45) is 0 Å². The minimum atomic E-state index is -4.67. The number of carbonyl (C=O) groups excluding carboxylic acids is 1. The predicted octanol–water partition coefficient (Wildman–Crippen LogP) is -1.56. The number of fused-ring (bicyclic) bond motifs is 1. The number of nitrogens with two attached hydrogens (primary N) is 2. The molecule has 1 fully saturated rings. The molecule has 3 aromatic rings. The quantitative estimate of drug-likeness (QED) is 0.251. The minimum Gasteiger partial charge on any atom is -0.398 e. The van der Waals surface area contributed by atoms with E-state index in [-0.39, 0.29) is 28.2 Å². The first-order chi connectivity index (χ1) is 15.6. The number of halogens is 1. The Bertz CT molecular complexity index is 1320. The van der Waals surface area contributed by atoms with Gasteiger partial charge < -0.3 is 26.4 Å². The number of nitrogens with zero attached hydrogens (tertiary/aromatic N) is 4. The van der Waals surface area contributed by atoms with Crippen LogP contribution in [0.4, 0.5) is 15.9 Å². The fraction of sp³-hybridized carbons (Fsp3) is 0.294. The van der Waals surface area contributed by atoms with Crippen LogP contribution in [0.5, 0.6) is 0 Å². The van der Waals surface area contributed by atoms with Gasteiger partial charge in [0, 0.05) is 5.69 Å². The summed E-state index contributed by atoms with van der Waals surface area (Å²) in [5.74, 6) is -1.76. The molecule has 176 valence electrons. The Labute approximate surface area is 185 Å². The lowest BCUT2D eigenvalue weighted by Gasteiger charge is -2.16. The van der Waals surface area contributed by atoms with Gasteiger partial charge in [-0.15, -0.1) is 0 Å². The van der Waals surface area contributed by atoms with Gasteiger partial charge in [0.2, 0.25) is 0 Å². The lowest BCUT2D eigenvalue weighted by molar-refractivity contribution is -0.0468. The predicted molar refractivity (Wildman–Crippen MR) is 109 cm³/mol. The van der Waals surface area contributed by atoms with Crippen LogP contribution >= 0.6 is 0 Å². The first-order valence-electron chi connectivity index (χ1n) is 9.28. The number of aromatic nitrogens is 4. The highest BCUT2D eigenvalue weighted by molar-refractivity contribution is 7.85. The lowest BCUT2D eigenvalue weighted by Crippen LogP contribution is -2.38. The Kier molecular flexibility index (Phi) is 5.85. The van der Waals surface area contributed by atoms with E-state index in [0.29, 0.717) is 0 Å². The van der Waals surface area contributed by atoms with Gasteiger partial charge in [0.15, 0.2) is 17.7 Å². The first-order valence-corrected chi connectivity index (χ1v) is 10.7. The molecule has 14 nitrogen and oxygen atoms in total. The van der Waals surface area contributed by atoms with Crippen molar-refractivity contribution < 1.29 is 36.7 Å². The number of anilines is 2. The molecule has 16 heteroatoms. The summed E-state index contributed by atoms with van der Waals surface area (Å²) in [5.41, 5.74) is 11.1. The fourth-order valence-electron chi connectivity index (χ4n) is 3.25.